The number of benzene rings is 1. The highest BCUT2D eigenvalue weighted by molar-refractivity contribution is 7.10. The number of aryl methyl sites for hydroxylation is 1. The lowest BCUT2D eigenvalue weighted by Gasteiger charge is -2.13. The first-order valence-electron chi connectivity index (χ1n) is 6.97. The molecule has 0 fully saturated rings. The molecule has 1 heterocycles. The summed E-state index contributed by atoms with van der Waals surface area (Å²) in [6.45, 7) is 2.66. The van der Waals surface area contributed by atoms with Crippen molar-refractivity contribution in [3.05, 3.63) is 51.7 Å². The van der Waals surface area contributed by atoms with E-state index in [0.717, 1.165) is 16.2 Å². The first-order valence-corrected chi connectivity index (χ1v) is 7.85. The predicted octanol–water partition coefficient (Wildman–Crippen LogP) is 2.60. The second-order valence-corrected chi connectivity index (χ2v) is 5.88. The second-order valence-electron chi connectivity index (χ2n) is 4.88. The molecule has 0 bridgehead atoms. The molecule has 1 aromatic heterocycles. The number of aliphatic hydroxyl groups excluding tert-OH is 1. The molecule has 0 saturated carbocycles. The van der Waals surface area contributed by atoms with Crippen LogP contribution in [-0.2, 0) is 6.54 Å². The van der Waals surface area contributed by atoms with E-state index in [-0.39, 0.29) is 12.6 Å². The van der Waals surface area contributed by atoms with E-state index in [1.165, 1.54) is 5.56 Å². The van der Waals surface area contributed by atoms with Crippen LogP contribution in [-0.4, -0.2) is 24.8 Å². The van der Waals surface area contributed by atoms with Crippen molar-refractivity contribution >= 4 is 17.4 Å². The summed E-state index contributed by atoms with van der Waals surface area (Å²) < 4.78 is 5.06. The number of methoxy groups -OCH3 is 1. The molecule has 118 valence electrons. The number of thiophene rings is 1. The van der Waals surface area contributed by atoms with Crippen LogP contribution in [0.15, 0.2) is 35.7 Å². The van der Waals surface area contributed by atoms with Crippen LogP contribution in [0.3, 0.4) is 0 Å². The van der Waals surface area contributed by atoms with Gasteiger partial charge in [-0.05, 0) is 41.6 Å². The van der Waals surface area contributed by atoms with Crippen molar-refractivity contribution in [2.24, 2.45) is 0 Å². The molecule has 3 N–H and O–H groups in total. The fraction of sp³-hybridized carbons (Fsp3) is 0.312. The summed E-state index contributed by atoms with van der Waals surface area (Å²) >= 11 is 1.61. The minimum absolute atomic E-state index is 0.154. The molecule has 1 aromatic carbocycles. The van der Waals surface area contributed by atoms with Crippen LogP contribution >= 0.6 is 11.3 Å². The van der Waals surface area contributed by atoms with Crippen molar-refractivity contribution in [1.29, 1.82) is 0 Å². The summed E-state index contributed by atoms with van der Waals surface area (Å²) in [7, 11) is 1.59. The lowest BCUT2D eigenvalue weighted by molar-refractivity contribution is 0.173. The highest BCUT2D eigenvalue weighted by atomic mass is 32.1. The summed E-state index contributed by atoms with van der Waals surface area (Å²) in [6.07, 6.45) is -0.750. The van der Waals surface area contributed by atoms with Crippen molar-refractivity contribution in [1.82, 2.24) is 10.6 Å². The van der Waals surface area contributed by atoms with E-state index >= 15 is 0 Å². The van der Waals surface area contributed by atoms with Gasteiger partial charge in [-0.2, -0.15) is 0 Å². The maximum absolute atomic E-state index is 11.7. The number of nitrogens with one attached hydrogen (secondary N) is 2. The van der Waals surface area contributed by atoms with Crippen molar-refractivity contribution in [3.63, 3.8) is 0 Å². The van der Waals surface area contributed by atoms with Crippen LogP contribution in [0.5, 0.6) is 5.75 Å². The maximum Gasteiger partial charge on any atom is 0.315 e. The Labute approximate surface area is 133 Å². The van der Waals surface area contributed by atoms with Crippen molar-refractivity contribution in [3.8, 4) is 5.75 Å². The number of rotatable bonds is 6. The Bertz CT molecular complexity index is 610. The number of ether oxygens (including phenoxy) is 1. The summed E-state index contributed by atoms with van der Waals surface area (Å²) in [4.78, 5) is 12.9. The first-order chi connectivity index (χ1) is 10.6. The Morgan fingerprint density at radius 3 is 2.59 bits per heavy atom. The topological polar surface area (TPSA) is 70.6 Å². The summed E-state index contributed by atoms with van der Waals surface area (Å²) in [5, 5.41) is 17.5. The third-order valence-corrected chi connectivity index (χ3v) is 4.36. The lowest BCUT2D eigenvalue weighted by atomic mass is 10.1. The van der Waals surface area contributed by atoms with E-state index in [9.17, 15) is 9.90 Å². The number of carbonyl (C=O) groups is 1. The number of amides is 2. The fourth-order valence-corrected chi connectivity index (χ4v) is 2.79. The van der Waals surface area contributed by atoms with Crippen molar-refractivity contribution in [2.75, 3.05) is 13.7 Å². The van der Waals surface area contributed by atoms with Gasteiger partial charge in [0.1, 0.15) is 5.75 Å². The molecule has 2 aromatic rings. The van der Waals surface area contributed by atoms with E-state index in [0.29, 0.717) is 6.54 Å². The zero-order chi connectivity index (χ0) is 15.9. The highest BCUT2D eigenvalue weighted by Crippen LogP contribution is 2.17. The third-order valence-electron chi connectivity index (χ3n) is 3.33. The molecule has 6 heteroatoms. The van der Waals surface area contributed by atoms with Gasteiger partial charge in [0, 0.05) is 11.4 Å². The molecule has 0 aliphatic rings. The smallest absolute Gasteiger partial charge is 0.315 e. The molecule has 22 heavy (non-hydrogen) atoms. The molecule has 1 unspecified atom stereocenters. The molecule has 0 saturated heterocycles. The molecule has 2 amide bonds. The Kier molecular flexibility index (Phi) is 5.80. The Morgan fingerprint density at radius 2 is 2.00 bits per heavy atom. The van der Waals surface area contributed by atoms with Gasteiger partial charge in [-0.15, -0.1) is 11.3 Å². The van der Waals surface area contributed by atoms with Gasteiger partial charge in [-0.3, -0.25) is 0 Å². The maximum atomic E-state index is 11.7. The van der Waals surface area contributed by atoms with Gasteiger partial charge in [-0.1, -0.05) is 12.1 Å². The first kappa shape index (κ1) is 16.3. The molecule has 2 rings (SSSR count). The fourth-order valence-electron chi connectivity index (χ4n) is 1.94. The molecule has 1 atom stereocenters. The number of urea groups is 1. The lowest BCUT2D eigenvalue weighted by Crippen LogP contribution is -2.37. The van der Waals surface area contributed by atoms with E-state index in [1.54, 1.807) is 42.7 Å². The van der Waals surface area contributed by atoms with Gasteiger partial charge in [0.2, 0.25) is 0 Å². The number of aliphatic hydroxyl groups is 1. The third kappa shape index (κ3) is 4.47. The van der Waals surface area contributed by atoms with Gasteiger partial charge in [-0.25, -0.2) is 4.79 Å². The zero-order valence-corrected chi connectivity index (χ0v) is 13.4. The minimum atomic E-state index is -0.750. The predicted molar refractivity (Wildman–Crippen MR) is 87.2 cm³/mol. The molecule has 0 radical (unpaired) electrons. The number of hydrogen-bond acceptors (Lipinski definition) is 4. The Morgan fingerprint density at radius 1 is 1.27 bits per heavy atom. The average Bonchev–Trinajstić information content (AvgIpc) is 2.95. The van der Waals surface area contributed by atoms with Crippen LogP contribution in [0.2, 0.25) is 0 Å². The largest absolute Gasteiger partial charge is 0.497 e. The summed E-state index contributed by atoms with van der Waals surface area (Å²) in [5.74, 6) is 0.730. The number of hydrogen-bond donors (Lipinski definition) is 3. The molecule has 0 aliphatic heterocycles. The average molecular weight is 320 g/mol. The SMILES string of the molecule is COc1ccc(C(O)CNC(=O)NCc2sccc2C)cc1. The molecular formula is C16H20N2O3S. The van der Waals surface area contributed by atoms with Gasteiger partial charge in [0.15, 0.2) is 0 Å². The van der Waals surface area contributed by atoms with Crippen molar-refractivity contribution < 1.29 is 14.6 Å². The van der Waals surface area contributed by atoms with Crippen LogP contribution in [0.25, 0.3) is 0 Å². The Hall–Kier alpha value is -2.05. The van der Waals surface area contributed by atoms with E-state index in [4.69, 9.17) is 4.74 Å². The van der Waals surface area contributed by atoms with Gasteiger partial charge in [0.25, 0.3) is 0 Å². The Balaban J connectivity index is 1.76. The molecule has 5 nitrogen and oxygen atoms in total. The zero-order valence-electron chi connectivity index (χ0n) is 12.6. The van der Waals surface area contributed by atoms with Crippen LogP contribution in [0.1, 0.15) is 22.1 Å². The summed E-state index contributed by atoms with van der Waals surface area (Å²) in [6, 6.07) is 8.83. The van der Waals surface area contributed by atoms with Gasteiger partial charge in [0.05, 0.1) is 19.8 Å². The monoisotopic (exact) mass is 320 g/mol. The molecule has 0 aliphatic carbocycles. The quantitative estimate of drug-likeness (QED) is 0.766. The van der Waals surface area contributed by atoms with E-state index in [2.05, 4.69) is 10.6 Å². The highest BCUT2D eigenvalue weighted by Gasteiger charge is 2.10. The van der Waals surface area contributed by atoms with Gasteiger partial charge < -0.3 is 20.5 Å². The van der Waals surface area contributed by atoms with E-state index < -0.39 is 6.10 Å². The van der Waals surface area contributed by atoms with Gasteiger partial charge >= 0.3 is 6.03 Å². The number of carbonyl (C=O) groups excluding carboxylic acids is 1. The molecule has 0 spiro atoms. The van der Waals surface area contributed by atoms with E-state index in [1.807, 2.05) is 18.4 Å². The standard InChI is InChI=1S/C16H20N2O3S/c1-11-7-8-22-15(11)10-18-16(20)17-9-14(19)12-3-5-13(21-2)6-4-12/h3-8,14,19H,9-10H2,1-2H3,(H2,17,18,20). The van der Waals surface area contributed by atoms with Crippen LogP contribution in [0.4, 0.5) is 4.79 Å². The van der Waals surface area contributed by atoms with Crippen LogP contribution < -0.4 is 15.4 Å². The normalized spacial score (nSPS) is 11.8. The minimum Gasteiger partial charge on any atom is -0.497 e. The molecular weight excluding hydrogens is 300 g/mol. The summed E-state index contributed by atoms with van der Waals surface area (Å²) in [5.41, 5.74) is 1.90. The van der Waals surface area contributed by atoms with Crippen LogP contribution in [0, 0.1) is 6.92 Å². The second kappa shape index (κ2) is 7.82. The van der Waals surface area contributed by atoms with Crippen molar-refractivity contribution in [2.45, 2.75) is 19.6 Å².